The van der Waals surface area contributed by atoms with Gasteiger partial charge >= 0.3 is 0 Å². The molecule has 1 aliphatic rings. The Morgan fingerprint density at radius 2 is 1.75 bits per heavy atom. The summed E-state index contributed by atoms with van der Waals surface area (Å²) in [6.07, 6.45) is 2.35. The zero-order valence-corrected chi connectivity index (χ0v) is 13.6. The van der Waals surface area contributed by atoms with Gasteiger partial charge in [-0.2, -0.15) is 0 Å². The van der Waals surface area contributed by atoms with E-state index in [1.54, 1.807) is 0 Å². The molecule has 1 heterocycles. The fourth-order valence-corrected chi connectivity index (χ4v) is 3.08. The average molecular weight is 274 g/mol. The maximum atomic E-state index is 3.44. The molecule has 0 aliphatic carbocycles. The van der Waals surface area contributed by atoms with Crippen LogP contribution < -0.4 is 5.32 Å². The van der Waals surface area contributed by atoms with Gasteiger partial charge < -0.3 is 5.32 Å². The molecule has 2 heteroatoms. The predicted molar refractivity (Wildman–Crippen MR) is 87.4 cm³/mol. The van der Waals surface area contributed by atoms with Crippen LogP contribution in [-0.4, -0.2) is 36.6 Å². The summed E-state index contributed by atoms with van der Waals surface area (Å²) in [4.78, 5) is 2.62. The van der Waals surface area contributed by atoms with Gasteiger partial charge in [0.2, 0.25) is 0 Å². The Bertz CT molecular complexity index is 402. The van der Waals surface area contributed by atoms with Crippen molar-refractivity contribution >= 4 is 0 Å². The molecular weight excluding hydrogens is 244 g/mol. The van der Waals surface area contributed by atoms with Crippen LogP contribution in [0.2, 0.25) is 0 Å². The molecule has 0 amide bonds. The summed E-state index contributed by atoms with van der Waals surface area (Å²) in [6.45, 7) is 13.9. The minimum absolute atomic E-state index is 0.250. The van der Waals surface area contributed by atoms with Crippen molar-refractivity contribution in [1.82, 2.24) is 10.2 Å². The van der Waals surface area contributed by atoms with Crippen molar-refractivity contribution in [3.63, 3.8) is 0 Å². The molecule has 1 N–H and O–H groups in total. The van der Waals surface area contributed by atoms with E-state index in [4.69, 9.17) is 0 Å². The fraction of sp³-hybridized carbons (Fsp3) is 0.667. The topological polar surface area (TPSA) is 15.3 Å². The second-order valence-corrected chi connectivity index (χ2v) is 6.78. The van der Waals surface area contributed by atoms with E-state index in [1.165, 1.54) is 17.5 Å². The van der Waals surface area contributed by atoms with E-state index in [2.05, 4.69) is 62.2 Å². The Balaban J connectivity index is 2.01. The van der Waals surface area contributed by atoms with Crippen LogP contribution in [0, 0.1) is 0 Å². The highest BCUT2D eigenvalue weighted by molar-refractivity contribution is 5.26. The van der Waals surface area contributed by atoms with E-state index in [0.29, 0.717) is 5.92 Å². The van der Waals surface area contributed by atoms with Crippen LogP contribution in [-0.2, 0) is 6.42 Å². The van der Waals surface area contributed by atoms with E-state index in [1.807, 2.05) is 0 Å². The van der Waals surface area contributed by atoms with Crippen molar-refractivity contribution in [3.8, 4) is 0 Å². The second-order valence-electron chi connectivity index (χ2n) is 6.78. The van der Waals surface area contributed by atoms with Gasteiger partial charge in [0.1, 0.15) is 0 Å². The Morgan fingerprint density at radius 3 is 2.30 bits per heavy atom. The Kier molecular flexibility index (Phi) is 5.22. The predicted octanol–water partition coefficient (Wildman–Crippen LogP) is 3.43. The number of hydrogen-bond donors (Lipinski definition) is 1. The monoisotopic (exact) mass is 274 g/mol. The number of rotatable bonds is 5. The number of hydrogen-bond acceptors (Lipinski definition) is 2. The highest BCUT2D eigenvalue weighted by Gasteiger charge is 2.27. The summed E-state index contributed by atoms with van der Waals surface area (Å²) in [6, 6.07) is 9.28. The third-order valence-corrected chi connectivity index (χ3v) is 4.77. The summed E-state index contributed by atoms with van der Waals surface area (Å²) in [5.74, 6) is 0.672. The van der Waals surface area contributed by atoms with Gasteiger partial charge in [-0.05, 0) is 43.7 Å². The molecular formula is C18H30N2. The van der Waals surface area contributed by atoms with Crippen LogP contribution in [0.3, 0.4) is 0 Å². The number of nitrogens with zero attached hydrogens (tertiary/aromatic N) is 1. The molecule has 1 unspecified atom stereocenters. The van der Waals surface area contributed by atoms with Crippen molar-refractivity contribution < 1.29 is 0 Å². The molecule has 1 aromatic carbocycles. The maximum Gasteiger partial charge on any atom is 0.0194 e. The minimum atomic E-state index is 0.250. The fourth-order valence-electron chi connectivity index (χ4n) is 3.08. The summed E-state index contributed by atoms with van der Waals surface area (Å²) < 4.78 is 0. The lowest BCUT2D eigenvalue weighted by molar-refractivity contribution is 0.104. The lowest BCUT2D eigenvalue weighted by Gasteiger charge is -2.41. The van der Waals surface area contributed by atoms with Crippen molar-refractivity contribution in [3.05, 3.63) is 35.4 Å². The molecule has 0 bridgehead atoms. The molecule has 1 atom stereocenters. The third-order valence-electron chi connectivity index (χ3n) is 4.77. The number of piperazine rings is 1. The van der Waals surface area contributed by atoms with E-state index in [0.717, 1.165) is 32.6 Å². The molecule has 1 aromatic rings. The van der Waals surface area contributed by atoms with E-state index in [9.17, 15) is 0 Å². The lowest BCUT2D eigenvalue weighted by atomic mass is 9.90. The second kappa shape index (κ2) is 6.73. The Morgan fingerprint density at radius 1 is 1.15 bits per heavy atom. The van der Waals surface area contributed by atoms with Crippen molar-refractivity contribution in [2.24, 2.45) is 0 Å². The molecule has 0 aromatic heterocycles. The maximum absolute atomic E-state index is 3.44. The van der Waals surface area contributed by atoms with Crippen LogP contribution in [0.25, 0.3) is 0 Å². The quantitative estimate of drug-likeness (QED) is 0.885. The van der Waals surface area contributed by atoms with Crippen molar-refractivity contribution in [1.29, 1.82) is 0 Å². The first kappa shape index (κ1) is 15.5. The van der Waals surface area contributed by atoms with Crippen molar-refractivity contribution in [2.45, 2.75) is 52.0 Å². The van der Waals surface area contributed by atoms with Gasteiger partial charge in [-0.15, -0.1) is 0 Å². The summed E-state index contributed by atoms with van der Waals surface area (Å²) in [5.41, 5.74) is 3.18. The zero-order chi connectivity index (χ0) is 14.6. The Hall–Kier alpha value is -0.860. The third kappa shape index (κ3) is 3.83. The van der Waals surface area contributed by atoms with Gasteiger partial charge in [0.25, 0.3) is 0 Å². The summed E-state index contributed by atoms with van der Waals surface area (Å²) in [7, 11) is 0. The van der Waals surface area contributed by atoms with E-state index < -0.39 is 0 Å². The van der Waals surface area contributed by atoms with Gasteiger partial charge in [0.05, 0.1) is 0 Å². The molecule has 1 saturated heterocycles. The molecule has 2 rings (SSSR count). The zero-order valence-electron chi connectivity index (χ0n) is 13.6. The Labute approximate surface area is 124 Å². The lowest BCUT2D eigenvalue weighted by Crippen LogP contribution is -2.54. The first-order chi connectivity index (χ1) is 9.53. The first-order valence-electron chi connectivity index (χ1n) is 8.07. The van der Waals surface area contributed by atoms with E-state index in [-0.39, 0.29) is 5.54 Å². The average Bonchev–Trinajstić information content (AvgIpc) is 2.48. The van der Waals surface area contributed by atoms with Gasteiger partial charge in [0, 0.05) is 31.7 Å². The smallest absolute Gasteiger partial charge is 0.0194 e. The SMILES string of the molecule is CCC(C)c1ccc(CC(C)(C)N2CCNCC2)cc1. The van der Waals surface area contributed by atoms with Gasteiger partial charge in [-0.1, -0.05) is 38.1 Å². The highest BCUT2D eigenvalue weighted by atomic mass is 15.2. The summed E-state index contributed by atoms with van der Waals surface area (Å²) >= 11 is 0. The molecule has 2 nitrogen and oxygen atoms in total. The van der Waals surface area contributed by atoms with Crippen LogP contribution in [0.4, 0.5) is 0 Å². The van der Waals surface area contributed by atoms with Gasteiger partial charge in [-0.3, -0.25) is 4.90 Å². The van der Waals surface area contributed by atoms with E-state index >= 15 is 0 Å². The molecule has 0 radical (unpaired) electrons. The van der Waals surface area contributed by atoms with Crippen LogP contribution in [0.15, 0.2) is 24.3 Å². The largest absolute Gasteiger partial charge is 0.314 e. The van der Waals surface area contributed by atoms with Gasteiger partial charge in [-0.25, -0.2) is 0 Å². The molecule has 0 spiro atoms. The van der Waals surface area contributed by atoms with Crippen LogP contribution in [0.5, 0.6) is 0 Å². The normalized spacial score (nSPS) is 19.0. The molecule has 20 heavy (non-hydrogen) atoms. The van der Waals surface area contributed by atoms with Crippen LogP contribution in [0.1, 0.15) is 51.2 Å². The molecule has 1 aliphatic heterocycles. The highest BCUT2D eigenvalue weighted by Crippen LogP contribution is 2.23. The number of benzene rings is 1. The minimum Gasteiger partial charge on any atom is -0.314 e. The van der Waals surface area contributed by atoms with Gasteiger partial charge in [0.15, 0.2) is 0 Å². The van der Waals surface area contributed by atoms with Crippen molar-refractivity contribution in [2.75, 3.05) is 26.2 Å². The first-order valence-corrected chi connectivity index (χ1v) is 8.07. The molecule has 0 saturated carbocycles. The summed E-state index contributed by atoms with van der Waals surface area (Å²) in [5, 5.41) is 3.44. The standard InChI is InChI=1S/C18H30N2/c1-5-15(2)17-8-6-16(7-9-17)14-18(3,4)20-12-10-19-11-13-20/h6-9,15,19H,5,10-14H2,1-4H3. The molecule has 112 valence electrons. The molecule has 1 fully saturated rings. The van der Waals surface area contributed by atoms with Crippen LogP contribution >= 0.6 is 0 Å². The number of nitrogens with one attached hydrogen (secondary N) is 1.